The van der Waals surface area contributed by atoms with Gasteiger partial charge in [0, 0.05) is 19.0 Å². The quantitative estimate of drug-likeness (QED) is 0.529. The maximum atomic E-state index is 12.8. The van der Waals surface area contributed by atoms with Crippen molar-refractivity contribution < 1.29 is 4.74 Å². The molecule has 7 heteroatoms. The average molecular weight is 344 g/mol. The van der Waals surface area contributed by atoms with Crippen molar-refractivity contribution >= 4 is 27.8 Å². The van der Waals surface area contributed by atoms with Crippen molar-refractivity contribution in [3.8, 4) is 5.13 Å². The van der Waals surface area contributed by atoms with Gasteiger partial charge in [-0.3, -0.25) is 14.9 Å². The van der Waals surface area contributed by atoms with Crippen molar-refractivity contribution in [1.29, 1.82) is 0 Å². The lowest BCUT2D eigenvalue weighted by Crippen LogP contribution is -2.17. The topological polar surface area (TPSA) is 72.3 Å². The van der Waals surface area contributed by atoms with E-state index in [0.717, 1.165) is 28.8 Å². The van der Waals surface area contributed by atoms with Gasteiger partial charge in [-0.2, -0.15) is 4.68 Å². The smallest absolute Gasteiger partial charge is 0.282 e. The molecule has 0 unspecified atom stereocenters. The number of aliphatic imine (C=N–C) groups is 1. The number of methoxy groups -OCH3 is 1. The predicted octanol–water partition coefficient (Wildman–Crippen LogP) is 2.79. The molecule has 1 N–H and O–H groups in total. The van der Waals surface area contributed by atoms with E-state index in [4.69, 9.17) is 4.74 Å². The summed E-state index contributed by atoms with van der Waals surface area (Å²) < 4.78 is 7.56. The third-order valence-electron chi connectivity index (χ3n) is 3.62. The van der Waals surface area contributed by atoms with Gasteiger partial charge >= 0.3 is 0 Å². The molecule has 2 aromatic heterocycles. The number of fused-ring (bicyclic) bond motifs is 1. The van der Waals surface area contributed by atoms with Gasteiger partial charge in [0.25, 0.3) is 5.56 Å². The van der Waals surface area contributed by atoms with E-state index in [0.29, 0.717) is 23.8 Å². The summed E-state index contributed by atoms with van der Waals surface area (Å²) in [7, 11) is 1.63. The molecule has 0 saturated heterocycles. The number of nitrogens with one attached hydrogen (secondary N) is 1. The first kappa shape index (κ1) is 16.6. The van der Waals surface area contributed by atoms with Crippen LogP contribution in [0.25, 0.3) is 15.3 Å². The highest BCUT2D eigenvalue weighted by molar-refractivity contribution is 7.20. The van der Waals surface area contributed by atoms with Crippen LogP contribution in [0.4, 0.5) is 0 Å². The molecule has 0 aliphatic rings. The number of thiazole rings is 1. The molecular weight excluding hydrogens is 324 g/mol. The van der Waals surface area contributed by atoms with Gasteiger partial charge in [0.2, 0.25) is 5.13 Å². The van der Waals surface area contributed by atoms with Crippen molar-refractivity contribution in [2.24, 2.45) is 4.99 Å². The number of nitrogens with zero attached hydrogens (tertiary/aromatic N) is 3. The molecular formula is C17H20N4O2S. The third-order valence-corrected chi connectivity index (χ3v) is 4.65. The number of rotatable bonds is 7. The number of aromatic amines is 1. The van der Waals surface area contributed by atoms with Crippen LogP contribution in [0.3, 0.4) is 0 Å². The number of aromatic nitrogens is 3. The van der Waals surface area contributed by atoms with Gasteiger partial charge in [0.15, 0.2) is 0 Å². The fourth-order valence-electron chi connectivity index (χ4n) is 2.46. The van der Waals surface area contributed by atoms with Crippen LogP contribution in [0.15, 0.2) is 34.1 Å². The molecule has 3 aromatic rings. The van der Waals surface area contributed by atoms with Gasteiger partial charge in [-0.1, -0.05) is 36.8 Å². The largest absolute Gasteiger partial charge is 0.383 e. The molecule has 6 nitrogen and oxygen atoms in total. The number of hydrogen-bond donors (Lipinski definition) is 1. The Kier molecular flexibility index (Phi) is 5.22. The first-order chi connectivity index (χ1) is 11.7. The zero-order valence-corrected chi connectivity index (χ0v) is 14.6. The number of aryl methyl sites for hydroxylation is 1. The summed E-state index contributed by atoms with van der Waals surface area (Å²) in [5.41, 5.74) is 2.28. The summed E-state index contributed by atoms with van der Waals surface area (Å²) in [6, 6.07) is 7.87. The maximum absolute atomic E-state index is 12.8. The van der Waals surface area contributed by atoms with E-state index < -0.39 is 0 Å². The molecule has 0 spiro atoms. The van der Waals surface area contributed by atoms with Crippen LogP contribution in [0, 0.1) is 0 Å². The van der Waals surface area contributed by atoms with Crippen molar-refractivity contribution in [3.05, 3.63) is 45.9 Å². The molecule has 3 rings (SSSR count). The highest BCUT2D eigenvalue weighted by Crippen LogP contribution is 2.23. The standard InChI is InChI=1S/C17H20N4O2S/c1-3-6-13-12(11-18-9-10-23-2)16(22)21(20-13)17-19-14-7-4-5-8-15(14)24-17/h4-5,7-8,11,20H,3,6,9-10H2,1-2H3. The zero-order chi connectivity index (χ0) is 16.9. The van der Waals surface area contributed by atoms with E-state index in [1.165, 1.54) is 16.0 Å². The van der Waals surface area contributed by atoms with Crippen molar-refractivity contribution in [2.45, 2.75) is 19.8 Å². The number of hydrogen-bond acceptors (Lipinski definition) is 5. The van der Waals surface area contributed by atoms with E-state index in [2.05, 4.69) is 22.0 Å². The maximum Gasteiger partial charge on any atom is 0.282 e. The van der Waals surface area contributed by atoms with Crippen LogP contribution in [0.1, 0.15) is 24.6 Å². The molecule has 0 fully saturated rings. The van der Waals surface area contributed by atoms with E-state index in [1.807, 2.05) is 24.3 Å². The Balaban J connectivity index is 2.01. The Labute approximate surface area is 143 Å². The number of H-pyrrole nitrogens is 1. The fourth-order valence-corrected chi connectivity index (χ4v) is 3.38. The van der Waals surface area contributed by atoms with Gasteiger partial charge in [-0.25, -0.2) is 4.98 Å². The lowest BCUT2D eigenvalue weighted by atomic mass is 10.2. The molecule has 24 heavy (non-hydrogen) atoms. The van der Waals surface area contributed by atoms with E-state index in [1.54, 1.807) is 13.3 Å². The van der Waals surface area contributed by atoms with Crippen LogP contribution in [0.2, 0.25) is 0 Å². The van der Waals surface area contributed by atoms with E-state index in [9.17, 15) is 4.79 Å². The van der Waals surface area contributed by atoms with Crippen LogP contribution < -0.4 is 5.56 Å². The van der Waals surface area contributed by atoms with Crippen LogP contribution in [0.5, 0.6) is 0 Å². The van der Waals surface area contributed by atoms with Crippen molar-refractivity contribution in [2.75, 3.05) is 20.3 Å². The zero-order valence-electron chi connectivity index (χ0n) is 13.8. The molecule has 0 bridgehead atoms. The predicted molar refractivity (Wildman–Crippen MR) is 97.9 cm³/mol. The van der Waals surface area contributed by atoms with Crippen LogP contribution >= 0.6 is 11.3 Å². The van der Waals surface area contributed by atoms with Crippen molar-refractivity contribution in [1.82, 2.24) is 14.8 Å². The summed E-state index contributed by atoms with van der Waals surface area (Å²) in [6.45, 7) is 3.16. The molecule has 0 atom stereocenters. The second-order valence-corrected chi connectivity index (χ2v) is 6.40. The summed E-state index contributed by atoms with van der Waals surface area (Å²) in [4.78, 5) is 21.6. The number of ether oxygens (including phenoxy) is 1. The average Bonchev–Trinajstić information content (AvgIpc) is 3.14. The molecule has 126 valence electrons. The molecule has 0 aliphatic carbocycles. The fraction of sp³-hybridized carbons (Fsp3) is 0.353. The number of benzene rings is 1. The van der Waals surface area contributed by atoms with Gasteiger partial charge < -0.3 is 4.74 Å². The highest BCUT2D eigenvalue weighted by Gasteiger charge is 2.15. The molecule has 0 saturated carbocycles. The SMILES string of the molecule is CCCc1[nH]n(-c2nc3ccccc3s2)c(=O)c1C=NCCOC. The van der Waals surface area contributed by atoms with Crippen LogP contribution in [-0.4, -0.2) is 41.2 Å². The Morgan fingerprint density at radius 3 is 3.00 bits per heavy atom. The lowest BCUT2D eigenvalue weighted by molar-refractivity contribution is 0.208. The van der Waals surface area contributed by atoms with E-state index >= 15 is 0 Å². The summed E-state index contributed by atoms with van der Waals surface area (Å²) in [5.74, 6) is 0. The Morgan fingerprint density at radius 1 is 1.42 bits per heavy atom. The minimum absolute atomic E-state index is 0.112. The molecule has 1 aromatic carbocycles. The number of para-hydroxylation sites is 1. The molecule has 0 amide bonds. The van der Waals surface area contributed by atoms with Gasteiger partial charge in [-0.05, 0) is 18.6 Å². The molecule has 0 radical (unpaired) electrons. The minimum Gasteiger partial charge on any atom is -0.383 e. The Bertz CT molecular complexity index is 874. The summed E-state index contributed by atoms with van der Waals surface area (Å²) in [5, 5.41) is 3.85. The van der Waals surface area contributed by atoms with Gasteiger partial charge in [-0.15, -0.1) is 0 Å². The first-order valence-corrected chi connectivity index (χ1v) is 8.74. The van der Waals surface area contributed by atoms with E-state index in [-0.39, 0.29) is 5.56 Å². The highest BCUT2D eigenvalue weighted by atomic mass is 32.1. The molecule has 0 aliphatic heterocycles. The Hall–Kier alpha value is -2.25. The minimum atomic E-state index is -0.112. The lowest BCUT2D eigenvalue weighted by Gasteiger charge is -1.96. The second kappa shape index (κ2) is 7.55. The first-order valence-electron chi connectivity index (χ1n) is 7.93. The second-order valence-electron chi connectivity index (χ2n) is 5.39. The monoisotopic (exact) mass is 344 g/mol. The molecule has 2 heterocycles. The summed E-state index contributed by atoms with van der Waals surface area (Å²) in [6.07, 6.45) is 3.38. The summed E-state index contributed by atoms with van der Waals surface area (Å²) >= 11 is 1.49. The van der Waals surface area contributed by atoms with Crippen molar-refractivity contribution in [3.63, 3.8) is 0 Å². The van der Waals surface area contributed by atoms with Crippen LogP contribution in [-0.2, 0) is 11.2 Å². The van der Waals surface area contributed by atoms with Gasteiger partial charge in [0.05, 0.1) is 28.9 Å². The third kappa shape index (κ3) is 3.32. The Morgan fingerprint density at radius 2 is 2.25 bits per heavy atom. The normalized spacial score (nSPS) is 11.8. The van der Waals surface area contributed by atoms with Gasteiger partial charge in [0.1, 0.15) is 0 Å².